The third-order valence-corrected chi connectivity index (χ3v) is 6.83. The molecule has 1 aliphatic rings. The van der Waals surface area contributed by atoms with Gasteiger partial charge in [-0.15, -0.1) is 0 Å². The zero-order valence-corrected chi connectivity index (χ0v) is 21.3. The molecule has 0 aromatic heterocycles. The van der Waals surface area contributed by atoms with Crippen LogP contribution in [-0.4, -0.2) is 37.6 Å². The Labute approximate surface area is 201 Å². The van der Waals surface area contributed by atoms with Gasteiger partial charge in [-0.05, 0) is 76.9 Å². The number of rotatable bonds is 4. The van der Waals surface area contributed by atoms with E-state index < -0.39 is 33.3 Å². The van der Waals surface area contributed by atoms with E-state index in [0.717, 1.165) is 11.1 Å². The molecule has 0 aliphatic carbocycles. The smallest absolute Gasteiger partial charge is 0.415 e. The quantitative estimate of drug-likeness (QED) is 0.684. The highest BCUT2D eigenvalue weighted by Gasteiger charge is 2.36. The molecule has 2 aromatic rings. The minimum atomic E-state index is -3.75. The molecule has 2 amide bonds. The molecular formula is C25H33N3O5S. The van der Waals surface area contributed by atoms with Gasteiger partial charge in [0.25, 0.3) is 0 Å². The summed E-state index contributed by atoms with van der Waals surface area (Å²) >= 11 is 0. The number of hydrogen-bond donors (Lipinski definition) is 2. The molecule has 0 fully saturated rings. The van der Waals surface area contributed by atoms with Crippen molar-refractivity contribution in [1.29, 1.82) is 0 Å². The number of sulfonamides is 1. The van der Waals surface area contributed by atoms with Crippen molar-refractivity contribution in [2.45, 2.75) is 76.6 Å². The van der Waals surface area contributed by atoms with Gasteiger partial charge in [-0.25, -0.2) is 17.9 Å². The van der Waals surface area contributed by atoms with Gasteiger partial charge >= 0.3 is 6.09 Å². The van der Waals surface area contributed by atoms with Gasteiger partial charge in [0.1, 0.15) is 11.6 Å². The van der Waals surface area contributed by atoms with Gasteiger partial charge in [0, 0.05) is 24.2 Å². The van der Waals surface area contributed by atoms with E-state index in [1.165, 1.54) is 29.2 Å². The predicted octanol–water partition coefficient (Wildman–Crippen LogP) is 3.75. The van der Waals surface area contributed by atoms with Crippen molar-refractivity contribution >= 4 is 27.7 Å². The van der Waals surface area contributed by atoms with Crippen LogP contribution in [0.5, 0.6) is 0 Å². The molecule has 0 spiro atoms. The Hall–Kier alpha value is -2.91. The summed E-state index contributed by atoms with van der Waals surface area (Å²) < 4.78 is 33.6. The Bertz CT molecular complexity index is 1160. The molecule has 2 N–H and O–H groups in total. The third kappa shape index (κ3) is 6.36. The van der Waals surface area contributed by atoms with Crippen molar-refractivity contribution in [2.75, 3.05) is 4.90 Å². The van der Waals surface area contributed by atoms with Gasteiger partial charge in [-0.2, -0.15) is 0 Å². The van der Waals surface area contributed by atoms with Gasteiger partial charge in [0.05, 0.1) is 4.90 Å². The summed E-state index contributed by atoms with van der Waals surface area (Å²) in [4.78, 5) is 27.7. The zero-order chi connectivity index (χ0) is 25.3. The minimum absolute atomic E-state index is 0.0611. The van der Waals surface area contributed by atoms with Gasteiger partial charge in [0.2, 0.25) is 15.9 Å². The highest BCUT2D eigenvalue weighted by molar-refractivity contribution is 7.89. The molecule has 0 bridgehead atoms. The van der Waals surface area contributed by atoms with Crippen molar-refractivity contribution in [3.8, 4) is 0 Å². The molecule has 34 heavy (non-hydrogen) atoms. The first-order valence-electron chi connectivity index (χ1n) is 11.2. The number of fused-ring (bicyclic) bond motifs is 1. The fraction of sp³-hybridized carbons (Fsp3) is 0.440. The highest BCUT2D eigenvalue weighted by atomic mass is 32.2. The lowest BCUT2D eigenvalue weighted by Crippen LogP contribution is -2.51. The van der Waals surface area contributed by atoms with Crippen LogP contribution >= 0.6 is 0 Å². The van der Waals surface area contributed by atoms with Crippen LogP contribution in [0.2, 0.25) is 0 Å². The van der Waals surface area contributed by atoms with Crippen molar-refractivity contribution in [2.24, 2.45) is 0 Å². The van der Waals surface area contributed by atoms with E-state index in [1.54, 1.807) is 41.5 Å². The topological polar surface area (TPSA) is 105 Å². The molecule has 184 valence electrons. The number of benzene rings is 2. The van der Waals surface area contributed by atoms with Gasteiger partial charge in [-0.3, -0.25) is 9.69 Å². The molecule has 1 unspecified atom stereocenters. The van der Waals surface area contributed by atoms with Gasteiger partial charge in [0.15, 0.2) is 0 Å². The Balaban J connectivity index is 2.02. The Kier molecular flexibility index (Phi) is 7.10. The summed E-state index contributed by atoms with van der Waals surface area (Å²) in [6, 6.07) is 12.7. The number of carbonyl (C=O) groups excluding carboxylic acids is 2. The van der Waals surface area contributed by atoms with Gasteiger partial charge in [-0.1, -0.05) is 24.3 Å². The van der Waals surface area contributed by atoms with Crippen LogP contribution in [0.15, 0.2) is 53.4 Å². The number of ether oxygens (including phenoxy) is 1. The van der Waals surface area contributed by atoms with E-state index in [2.05, 4.69) is 10.0 Å². The number of hydrogen-bond acceptors (Lipinski definition) is 5. The number of nitrogens with zero attached hydrogens (tertiary/aromatic N) is 1. The summed E-state index contributed by atoms with van der Waals surface area (Å²) in [5.74, 6) is -0.312. The number of carbonyl (C=O) groups is 2. The number of amides is 2. The lowest BCUT2D eigenvalue weighted by Gasteiger charge is -2.32. The molecule has 8 nitrogen and oxygen atoms in total. The first-order chi connectivity index (χ1) is 15.7. The lowest BCUT2D eigenvalue weighted by molar-refractivity contribution is -0.122. The van der Waals surface area contributed by atoms with Crippen LogP contribution in [0.1, 0.15) is 52.7 Å². The van der Waals surface area contributed by atoms with E-state index in [-0.39, 0.29) is 10.8 Å². The standard InChI is InChI=1S/C25H33N3O5S/c1-24(2,3)27-34(31,32)20-13-11-19(12-14-20)28(23(30)33-25(4,5)6)21-15-17-9-7-8-10-18(17)16-26-22(21)29/h7-14,21,27H,15-16H2,1-6H3,(H,26,29). The largest absolute Gasteiger partial charge is 0.443 e. The molecule has 3 rings (SSSR count). The summed E-state index contributed by atoms with van der Waals surface area (Å²) in [6.45, 7) is 10.9. The maximum absolute atomic E-state index is 13.3. The summed E-state index contributed by atoms with van der Waals surface area (Å²) in [5, 5.41) is 2.89. The van der Waals surface area contributed by atoms with Crippen LogP contribution in [-0.2, 0) is 32.5 Å². The molecule has 9 heteroatoms. The van der Waals surface area contributed by atoms with Crippen LogP contribution < -0.4 is 14.9 Å². The normalized spacial score (nSPS) is 16.8. The van der Waals surface area contributed by atoms with Gasteiger partial charge < -0.3 is 10.1 Å². The zero-order valence-electron chi connectivity index (χ0n) is 20.5. The maximum atomic E-state index is 13.3. The molecule has 1 atom stereocenters. The van der Waals surface area contributed by atoms with Crippen molar-refractivity contribution in [3.05, 3.63) is 59.7 Å². The Morgan fingerprint density at radius 3 is 2.15 bits per heavy atom. The average Bonchev–Trinajstić information content (AvgIpc) is 2.85. The van der Waals surface area contributed by atoms with E-state index in [9.17, 15) is 18.0 Å². The molecule has 0 saturated carbocycles. The second-order valence-electron chi connectivity index (χ2n) is 10.4. The van der Waals surface area contributed by atoms with Crippen LogP contribution in [0.3, 0.4) is 0 Å². The summed E-state index contributed by atoms with van der Waals surface area (Å²) in [6.07, 6.45) is -0.386. The van der Waals surface area contributed by atoms with E-state index in [0.29, 0.717) is 18.7 Å². The Morgan fingerprint density at radius 1 is 1.00 bits per heavy atom. The molecule has 0 saturated heterocycles. The third-order valence-electron chi connectivity index (χ3n) is 5.05. The molecule has 1 aliphatic heterocycles. The average molecular weight is 488 g/mol. The number of nitrogens with one attached hydrogen (secondary N) is 2. The second-order valence-corrected chi connectivity index (χ2v) is 12.1. The van der Waals surface area contributed by atoms with E-state index in [1.807, 2.05) is 24.3 Å². The van der Waals surface area contributed by atoms with Crippen LogP contribution in [0.4, 0.5) is 10.5 Å². The second kappa shape index (κ2) is 9.38. The first-order valence-corrected chi connectivity index (χ1v) is 12.7. The predicted molar refractivity (Wildman–Crippen MR) is 131 cm³/mol. The van der Waals surface area contributed by atoms with Crippen molar-refractivity contribution in [3.63, 3.8) is 0 Å². The fourth-order valence-electron chi connectivity index (χ4n) is 3.71. The number of anilines is 1. The van der Waals surface area contributed by atoms with E-state index in [4.69, 9.17) is 4.74 Å². The Morgan fingerprint density at radius 2 is 1.59 bits per heavy atom. The summed E-state index contributed by atoms with van der Waals surface area (Å²) in [5.41, 5.74) is 0.869. The SMILES string of the molecule is CC(C)(C)NS(=O)(=O)c1ccc(N(C(=O)OC(C)(C)C)C2Cc3ccccc3CNC2=O)cc1. The highest BCUT2D eigenvalue weighted by Crippen LogP contribution is 2.27. The summed E-state index contributed by atoms with van der Waals surface area (Å²) in [7, 11) is -3.75. The molecular weight excluding hydrogens is 454 g/mol. The van der Waals surface area contributed by atoms with E-state index >= 15 is 0 Å². The van der Waals surface area contributed by atoms with Crippen LogP contribution in [0, 0.1) is 0 Å². The molecule has 0 radical (unpaired) electrons. The maximum Gasteiger partial charge on any atom is 0.415 e. The van der Waals surface area contributed by atoms with Crippen molar-refractivity contribution in [1.82, 2.24) is 10.0 Å². The minimum Gasteiger partial charge on any atom is -0.443 e. The molecule has 1 heterocycles. The lowest BCUT2D eigenvalue weighted by atomic mass is 10.0. The molecule has 2 aromatic carbocycles. The first kappa shape index (κ1) is 25.7. The van der Waals surface area contributed by atoms with Crippen LogP contribution in [0.25, 0.3) is 0 Å². The monoisotopic (exact) mass is 487 g/mol. The van der Waals surface area contributed by atoms with Crippen molar-refractivity contribution < 1.29 is 22.7 Å². The fourth-order valence-corrected chi connectivity index (χ4v) is 5.13.